The van der Waals surface area contributed by atoms with E-state index in [0.29, 0.717) is 0 Å². The first-order valence-electron chi connectivity index (χ1n) is 42.1. The highest BCUT2D eigenvalue weighted by Crippen LogP contribution is 2.41. The zero-order valence-electron chi connectivity index (χ0n) is 71.7. The van der Waals surface area contributed by atoms with Gasteiger partial charge in [0.25, 0.3) is 0 Å². The summed E-state index contributed by atoms with van der Waals surface area (Å²) in [5.41, 5.74) is 0. The van der Waals surface area contributed by atoms with E-state index in [4.69, 9.17) is 90.0 Å². The SMILES string of the molecule is CC(=O)N[C@@H]1[C@H](O[C@@H]2[C@@H](O[C@@H]3[C@H](O)[C@H](O[C@H]4[C@H](O)[C@@H](NC(C)=O)[C@H](O[C@H]5[C@H](O)[C@@H](NC(C)=O)C(O)O[C@@H]5CO)O[C@@H]4CO)O[C@H](CO[C@H]4O[C@H](CO[C@@H]5O[C@H](CO)[C@@H](O)[C@H](O)[C@H]5NC(C)=O)[C@@H](O)[C@H](O)[C@@H]4O[C@@H]4O[C@H](CO)[C@@H](O)[C@H](O)[C@H]4NC(C)=O)[C@H]3O)O[C@H](CO)[C@@H](O[C@@H]3O[C@H](CO)[C@@H](O)[C@H](O)[C@H]3NC(C)=O)[C@@H]2O)O[C@H](CO)[C@@H](O[C@@H]2O[C@H](CO)[C@H](O)[C@H](O)[C@H]2NC(C)=O)[C@@H]1O. The zero-order valence-corrected chi connectivity index (χ0v) is 71.7. The summed E-state index contributed by atoms with van der Waals surface area (Å²) in [6.45, 7) is -4.75. The number of carbonyl (C=O) groups is 7. The molecule has 0 saturated carbocycles. The van der Waals surface area contributed by atoms with Crippen LogP contribution in [0.15, 0.2) is 0 Å². The van der Waals surface area contributed by atoms with E-state index in [0.717, 1.165) is 48.5 Å². The second-order valence-corrected chi connectivity index (χ2v) is 33.2. The summed E-state index contributed by atoms with van der Waals surface area (Å²) in [4.78, 5) is 89.6. The molecule has 0 aliphatic carbocycles. The van der Waals surface area contributed by atoms with Crippen molar-refractivity contribution in [2.75, 3.05) is 66.1 Å². The number of rotatable bonds is 35. The molecule has 58 heteroatoms. The molecule has 7 amide bonds. The van der Waals surface area contributed by atoms with Gasteiger partial charge in [0.1, 0.15) is 244 Å². The molecule has 10 aliphatic heterocycles. The van der Waals surface area contributed by atoms with Crippen LogP contribution in [0.25, 0.3) is 0 Å². The molecule has 10 aliphatic rings. The molecule has 10 rings (SSSR count). The molecule has 0 aromatic carbocycles. The molecule has 0 aromatic heterocycles. The lowest BCUT2D eigenvalue weighted by molar-refractivity contribution is -0.404. The summed E-state index contributed by atoms with van der Waals surface area (Å²) in [5.74, 6) is -6.40. The van der Waals surface area contributed by atoms with Crippen molar-refractivity contribution in [1.82, 2.24) is 37.2 Å². The maximum absolute atomic E-state index is 13.4. The molecular formula is C74H123N7O51. The third-order valence-corrected chi connectivity index (χ3v) is 23.7. The number of amides is 7. The third kappa shape index (κ3) is 24.9. The van der Waals surface area contributed by atoms with E-state index in [1.807, 2.05) is 0 Å². The lowest BCUT2D eigenvalue weighted by atomic mass is 9.93. The fourth-order valence-electron chi connectivity index (χ4n) is 17.1. The maximum Gasteiger partial charge on any atom is 0.217 e. The fourth-order valence-corrected chi connectivity index (χ4v) is 17.1. The Labute approximate surface area is 748 Å². The minimum Gasteiger partial charge on any atom is -0.394 e. The first kappa shape index (κ1) is 109. The molecule has 0 aromatic rings. The van der Waals surface area contributed by atoms with Crippen LogP contribution in [0, 0.1) is 0 Å². The largest absolute Gasteiger partial charge is 0.394 e. The predicted molar refractivity (Wildman–Crippen MR) is 411 cm³/mol. The average Bonchev–Trinajstić information content (AvgIpc) is 0.760. The Hall–Kier alpha value is -5.47. The van der Waals surface area contributed by atoms with E-state index in [2.05, 4.69) is 37.2 Å². The molecule has 10 heterocycles. The lowest BCUT2D eigenvalue weighted by Gasteiger charge is -2.52. The number of hydrogen-bond acceptors (Lipinski definition) is 51. The Morgan fingerprint density at radius 2 is 0.417 bits per heavy atom. The molecule has 10 saturated heterocycles. The van der Waals surface area contributed by atoms with Gasteiger partial charge >= 0.3 is 0 Å². The van der Waals surface area contributed by atoms with E-state index in [1.54, 1.807) is 0 Å². The van der Waals surface area contributed by atoms with Crippen LogP contribution in [0.5, 0.6) is 0 Å². The van der Waals surface area contributed by atoms with Gasteiger partial charge in [0.2, 0.25) is 41.4 Å². The summed E-state index contributed by atoms with van der Waals surface area (Å²) in [6, 6.07) is -13.0. The van der Waals surface area contributed by atoms with Crippen LogP contribution >= 0.6 is 0 Å². The molecule has 1 unspecified atom stereocenters. The van der Waals surface area contributed by atoms with Crippen molar-refractivity contribution >= 4 is 41.4 Å². The molecular weight excluding hydrogens is 1800 g/mol. The molecule has 32 N–H and O–H groups in total. The zero-order chi connectivity index (χ0) is 97.4. The Kier molecular flexibility index (Phi) is 39.4. The Bertz CT molecular complexity index is 3700. The van der Waals surface area contributed by atoms with Gasteiger partial charge in [-0.15, -0.1) is 0 Å². The van der Waals surface area contributed by atoms with Crippen molar-refractivity contribution in [2.24, 2.45) is 0 Å². The van der Waals surface area contributed by atoms with Crippen molar-refractivity contribution in [3.05, 3.63) is 0 Å². The van der Waals surface area contributed by atoms with Gasteiger partial charge in [-0.05, 0) is 0 Å². The highest BCUT2D eigenvalue weighted by molar-refractivity contribution is 5.75. The number of hydrogen-bond donors (Lipinski definition) is 32. The smallest absolute Gasteiger partial charge is 0.217 e. The highest BCUT2D eigenvalue weighted by Gasteiger charge is 2.62. The number of aliphatic hydroxyl groups is 25. The van der Waals surface area contributed by atoms with Crippen LogP contribution in [0.4, 0.5) is 0 Å². The van der Waals surface area contributed by atoms with Gasteiger partial charge in [-0.3, -0.25) is 33.6 Å². The normalized spacial score (nSPS) is 46.7. The van der Waals surface area contributed by atoms with E-state index in [-0.39, 0.29) is 0 Å². The van der Waals surface area contributed by atoms with Gasteiger partial charge in [-0.25, -0.2) is 0 Å². The minimum absolute atomic E-state index is 0.822. The standard InChI is InChI=1S/C74H123N7O51/c1-18(90)75-35-52(107)58(29(12-86)116-65(35)113)126-70-40(80-23(6)95)54(109)60(31(14-88)121-70)129-72-57(112)62(47(102)34(124-72)17-115-73-63(131-69-39(79-22(5)94)51(106)45(100)28(11-85)120-69)55(110)46(101)33(125-73)16-114-66-36(76-19(2)91)48(103)42(97)25(8-82)117-66)130-74-64(56(111)61(32(15-89)123-74)128-68-38(78-21(4)93)50(105)44(99)27(10-84)119-68)132-71-41(81-24(7)96)53(108)59(30(13-87)122-71)127-67-37(77-20(3)92)49(104)43(98)26(9-83)118-67/h25-74,82-89,97-113H,8-17H2,1-7H3,(H,75,90)(H,76,91)(H,77,92)(H,78,93)(H,79,94)(H,80,95)(H,81,96)/t25-,26-,27-,28-,29-,30-,31-,32-,33-,34-,35-,36-,37-,38-,39-,40-,41+,42-,43+,44-,45-,46-,47-,48-,49-,50-,51-,52-,53-,54-,55+,56+,57+,58-,59-,60-,61-,62+,63+,64+,65?,66-,67+,68+,69+,70+,71+,72+,73+,74-/m1/s1. The van der Waals surface area contributed by atoms with Gasteiger partial charge in [0.15, 0.2) is 62.9 Å². The van der Waals surface area contributed by atoms with Crippen molar-refractivity contribution in [3.63, 3.8) is 0 Å². The predicted octanol–water partition coefficient (Wildman–Crippen LogP) is -21.8. The summed E-state index contributed by atoms with van der Waals surface area (Å²) in [6.07, 6.45) is -92.6. The summed E-state index contributed by atoms with van der Waals surface area (Å²) in [7, 11) is 0. The van der Waals surface area contributed by atoms with Crippen molar-refractivity contribution < 1.29 is 251 Å². The van der Waals surface area contributed by atoms with Crippen molar-refractivity contribution in [2.45, 2.75) is 355 Å². The summed E-state index contributed by atoms with van der Waals surface area (Å²) >= 11 is 0. The Morgan fingerprint density at radius 1 is 0.197 bits per heavy atom. The molecule has 10 fully saturated rings. The number of ether oxygens (including phenoxy) is 19. The van der Waals surface area contributed by atoms with Gasteiger partial charge in [-0.1, -0.05) is 0 Å². The molecule has 0 radical (unpaired) electrons. The van der Waals surface area contributed by atoms with Crippen LogP contribution < -0.4 is 37.2 Å². The molecule has 760 valence electrons. The fraction of sp³-hybridized carbons (Fsp3) is 0.905. The lowest BCUT2D eigenvalue weighted by Crippen LogP contribution is -2.71. The third-order valence-electron chi connectivity index (χ3n) is 23.7. The topological polar surface area (TPSA) is 885 Å². The molecule has 50 atom stereocenters. The molecule has 0 spiro atoms. The Morgan fingerprint density at radius 3 is 0.758 bits per heavy atom. The second-order valence-electron chi connectivity index (χ2n) is 33.2. The monoisotopic (exact) mass is 1930 g/mol. The minimum atomic E-state index is -2.73. The highest BCUT2D eigenvalue weighted by atomic mass is 16.8. The van der Waals surface area contributed by atoms with E-state index < -0.39 is 414 Å². The molecule has 132 heavy (non-hydrogen) atoms. The van der Waals surface area contributed by atoms with Gasteiger partial charge < -0.3 is 255 Å². The van der Waals surface area contributed by atoms with Crippen LogP contribution in [-0.2, 0) is 124 Å². The first-order chi connectivity index (χ1) is 62.4. The van der Waals surface area contributed by atoms with Crippen molar-refractivity contribution in [3.8, 4) is 0 Å². The summed E-state index contributed by atoms with van der Waals surface area (Å²) in [5, 5.41) is 302. The van der Waals surface area contributed by atoms with Crippen LogP contribution in [0.1, 0.15) is 48.5 Å². The van der Waals surface area contributed by atoms with Gasteiger partial charge in [-0.2, -0.15) is 0 Å². The van der Waals surface area contributed by atoms with Gasteiger partial charge in [0, 0.05) is 48.5 Å². The number of nitrogens with one attached hydrogen (secondary N) is 7. The van der Waals surface area contributed by atoms with E-state index in [1.165, 1.54) is 0 Å². The van der Waals surface area contributed by atoms with Crippen LogP contribution in [0.2, 0.25) is 0 Å². The van der Waals surface area contributed by atoms with Crippen molar-refractivity contribution in [1.29, 1.82) is 0 Å². The number of aliphatic hydroxyl groups excluding tert-OH is 25. The maximum atomic E-state index is 13.4. The van der Waals surface area contributed by atoms with Crippen LogP contribution in [-0.4, -0.2) is 542 Å². The number of carbonyl (C=O) groups excluding carboxylic acids is 7. The first-order valence-corrected chi connectivity index (χ1v) is 42.1. The second kappa shape index (κ2) is 47.9. The van der Waals surface area contributed by atoms with E-state index >= 15 is 0 Å². The average molecular weight is 1930 g/mol. The van der Waals surface area contributed by atoms with E-state index in [9.17, 15) is 161 Å². The Balaban J connectivity index is 1.08. The van der Waals surface area contributed by atoms with Gasteiger partial charge in [0.05, 0.1) is 66.1 Å². The molecule has 0 bridgehead atoms. The molecule has 58 nitrogen and oxygen atoms in total. The van der Waals surface area contributed by atoms with Crippen LogP contribution in [0.3, 0.4) is 0 Å². The summed E-state index contributed by atoms with van der Waals surface area (Å²) < 4.78 is 116. The quantitative estimate of drug-likeness (QED) is 0.0280.